The highest BCUT2D eigenvalue weighted by Gasteiger charge is 2.16. The zero-order valence-corrected chi connectivity index (χ0v) is 27.5. The first-order valence-corrected chi connectivity index (χ1v) is 17.1. The van der Waals surface area contributed by atoms with E-state index < -0.39 is 0 Å². The Morgan fingerprint density at radius 3 is 1.55 bits per heavy atom. The van der Waals surface area contributed by atoms with Gasteiger partial charge in [0.2, 0.25) is 0 Å². The van der Waals surface area contributed by atoms with Crippen LogP contribution in [0, 0.1) is 11.3 Å². The molecule has 1 aromatic heterocycles. The predicted molar refractivity (Wildman–Crippen MR) is 212 cm³/mol. The van der Waals surface area contributed by atoms with Gasteiger partial charge < -0.3 is 4.42 Å². The largest absolute Gasteiger partial charge is 0.530 e. The number of oxazole rings is 1. The maximum atomic E-state index is 10.2. The summed E-state index contributed by atoms with van der Waals surface area (Å²) in [6.45, 7) is 0. The van der Waals surface area contributed by atoms with Gasteiger partial charge in [-0.05, 0) is 119 Å². The van der Waals surface area contributed by atoms with Gasteiger partial charge in [-0.3, -0.25) is 0 Å². The van der Waals surface area contributed by atoms with E-state index in [0.717, 1.165) is 66.7 Å². The summed E-state index contributed by atoms with van der Waals surface area (Å²) < 4.78 is 4.73. The molecular formula is C48H29N2O+. The molecule has 0 aliphatic heterocycles. The third-order valence-corrected chi connectivity index (χ3v) is 10.2. The highest BCUT2D eigenvalue weighted by molar-refractivity contribution is 6.25. The van der Waals surface area contributed by atoms with Crippen LogP contribution in [0.25, 0.3) is 99.0 Å². The molecule has 0 unspecified atom stereocenters. The Balaban J connectivity index is 1.08. The van der Waals surface area contributed by atoms with Gasteiger partial charge in [0, 0.05) is 6.07 Å². The number of benzene rings is 9. The molecule has 0 aliphatic carbocycles. The average Bonchev–Trinajstić information content (AvgIpc) is 3.65. The highest BCUT2D eigenvalue weighted by Crippen LogP contribution is 2.40. The summed E-state index contributed by atoms with van der Waals surface area (Å²) in [5, 5.41) is 19.9. The Morgan fingerprint density at radius 1 is 0.392 bits per heavy atom. The van der Waals surface area contributed by atoms with Gasteiger partial charge in [0.15, 0.2) is 5.52 Å². The fourth-order valence-corrected chi connectivity index (χ4v) is 7.74. The fourth-order valence-electron chi connectivity index (χ4n) is 7.74. The van der Waals surface area contributed by atoms with Crippen molar-refractivity contribution in [2.45, 2.75) is 0 Å². The molecule has 0 aliphatic rings. The van der Waals surface area contributed by atoms with E-state index in [1.807, 2.05) is 36.4 Å². The average molecular weight is 650 g/mol. The van der Waals surface area contributed by atoms with E-state index in [2.05, 4.69) is 140 Å². The highest BCUT2D eigenvalue weighted by atomic mass is 16.3. The molecule has 0 saturated carbocycles. The fraction of sp³-hybridized carbons (Fsp3) is 0. The molecule has 0 saturated heterocycles. The molecule has 0 amide bonds. The van der Waals surface area contributed by atoms with E-state index in [0.29, 0.717) is 5.56 Å². The van der Waals surface area contributed by atoms with Crippen LogP contribution in [-0.4, -0.2) is 4.98 Å². The molecule has 236 valence electrons. The van der Waals surface area contributed by atoms with E-state index in [-0.39, 0.29) is 0 Å². The molecule has 0 atom stereocenters. The lowest BCUT2D eigenvalue weighted by molar-refractivity contribution is 0.620. The monoisotopic (exact) mass is 649 g/mol. The molecule has 9 aromatic carbocycles. The lowest BCUT2D eigenvalue weighted by Crippen LogP contribution is -1.90. The van der Waals surface area contributed by atoms with Crippen LogP contribution in [0.2, 0.25) is 0 Å². The number of hydrogen-bond donors (Lipinski definition) is 0. The Hall–Kier alpha value is -7.02. The van der Waals surface area contributed by atoms with Gasteiger partial charge in [-0.1, -0.05) is 121 Å². The minimum atomic E-state index is 0.636. The molecule has 0 bridgehead atoms. The van der Waals surface area contributed by atoms with Crippen LogP contribution < -0.4 is 0 Å². The Morgan fingerprint density at radius 2 is 0.902 bits per heavy atom. The van der Waals surface area contributed by atoms with Crippen molar-refractivity contribution in [1.82, 2.24) is 4.98 Å². The molecular weight excluding hydrogens is 621 g/mol. The van der Waals surface area contributed by atoms with Crippen LogP contribution >= 0.6 is 0 Å². The molecule has 0 radical (unpaired) electrons. The standard InChI is InChI=1S/C48H28N2O/c49-29-30-25-34(33-21-22-44-42-13-4-3-11-40(42)41-12-5-6-14-43(41)45(44)28-33)27-35(26-30)37-24-23-36(38-9-1-2-10-39(37)38)31-17-19-32(20-18-31)48-50-46-15-7-8-16-47(46)51-48/h1-28H/p+1. The van der Waals surface area contributed by atoms with Gasteiger partial charge in [0.05, 0.1) is 17.2 Å². The predicted octanol–water partition coefficient (Wildman–Crippen LogP) is 13.1. The van der Waals surface area contributed by atoms with E-state index in [4.69, 9.17) is 9.40 Å². The molecule has 0 spiro atoms. The van der Waals surface area contributed by atoms with Crippen molar-refractivity contribution in [2.24, 2.45) is 0 Å². The lowest BCUT2D eigenvalue weighted by atomic mass is 9.89. The van der Waals surface area contributed by atoms with Crippen molar-refractivity contribution in [3.63, 3.8) is 0 Å². The van der Waals surface area contributed by atoms with E-state index in [9.17, 15) is 5.26 Å². The SMILES string of the molecule is N#Cc1cc(-c2ccc3c4ccccc4c4ccccc4c3c2)cc(-c2ccc(-c3ccc(-c4nc5ccccc5[oH+]4)cc3)c3ccccc23)c1. The number of fused-ring (bicyclic) bond motifs is 8. The van der Waals surface area contributed by atoms with Gasteiger partial charge in [0.1, 0.15) is 0 Å². The number of para-hydroxylation sites is 2. The summed E-state index contributed by atoms with van der Waals surface area (Å²) in [6.07, 6.45) is 0. The van der Waals surface area contributed by atoms with Crippen molar-refractivity contribution in [3.05, 3.63) is 175 Å². The quantitative estimate of drug-likeness (QED) is 0.141. The summed E-state index contributed by atoms with van der Waals surface area (Å²) in [6, 6.07) is 62.1. The normalized spacial score (nSPS) is 11.5. The van der Waals surface area contributed by atoms with E-state index >= 15 is 0 Å². The van der Waals surface area contributed by atoms with Crippen LogP contribution in [0.4, 0.5) is 0 Å². The Kier molecular flexibility index (Phi) is 6.56. The van der Waals surface area contributed by atoms with Crippen LogP contribution in [0.5, 0.6) is 0 Å². The summed E-state index contributed by atoms with van der Waals surface area (Å²) in [7, 11) is 0. The number of aromatic nitrogens is 1. The zero-order chi connectivity index (χ0) is 33.9. The van der Waals surface area contributed by atoms with Gasteiger partial charge in [-0.25, -0.2) is 0 Å². The van der Waals surface area contributed by atoms with Gasteiger partial charge in [-0.2, -0.15) is 10.2 Å². The second-order valence-electron chi connectivity index (χ2n) is 13.1. The molecule has 0 fully saturated rings. The second kappa shape index (κ2) is 11.6. The minimum Gasteiger partial charge on any atom is -0.530 e. The maximum absolute atomic E-state index is 10.2. The van der Waals surface area contributed by atoms with Gasteiger partial charge in [-0.15, -0.1) is 0 Å². The van der Waals surface area contributed by atoms with Crippen LogP contribution in [0.3, 0.4) is 0 Å². The molecule has 1 N–H and O–H groups in total. The summed E-state index contributed by atoms with van der Waals surface area (Å²) in [5.74, 6) is 0.740. The number of rotatable bonds is 4. The number of hydrogen-bond acceptors (Lipinski definition) is 2. The third-order valence-electron chi connectivity index (χ3n) is 10.2. The molecule has 3 heteroatoms. The summed E-state index contributed by atoms with van der Waals surface area (Å²) >= 11 is 0. The maximum Gasteiger partial charge on any atom is 0.372 e. The zero-order valence-electron chi connectivity index (χ0n) is 27.5. The number of nitrogens with zero attached hydrogens (tertiary/aromatic N) is 2. The first-order valence-electron chi connectivity index (χ1n) is 17.1. The molecule has 10 aromatic rings. The number of nitriles is 1. The lowest BCUT2D eigenvalue weighted by Gasteiger charge is -2.15. The van der Waals surface area contributed by atoms with Crippen molar-refractivity contribution in [2.75, 3.05) is 0 Å². The first-order chi connectivity index (χ1) is 25.2. The van der Waals surface area contributed by atoms with Gasteiger partial charge in [0.25, 0.3) is 5.58 Å². The Bertz CT molecular complexity index is 2970. The van der Waals surface area contributed by atoms with Crippen molar-refractivity contribution < 1.29 is 4.42 Å². The second-order valence-corrected chi connectivity index (χ2v) is 13.1. The smallest absolute Gasteiger partial charge is 0.372 e. The van der Waals surface area contributed by atoms with Gasteiger partial charge >= 0.3 is 5.89 Å². The van der Waals surface area contributed by atoms with E-state index in [1.54, 1.807) is 0 Å². The van der Waals surface area contributed by atoms with Crippen LogP contribution in [0.15, 0.2) is 174 Å². The van der Waals surface area contributed by atoms with Crippen LogP contribution in [0.1, 0.15) is 5.56 Å². The summed E-state index contributed by atoms with van der Waals surface area (Å²) in [5.41, 5.74) is 9.94. The minimum absolute atomic E-state index is 0.636. The summed E-state index contributed by atoms with van der Waals surface area (Å²) in [4.78, 5) is 4.73. The van der Waals surface area contributed by atoms with Crippen molar-refractivity contribution >= 4 is 54.2 Å². The molecule has 3 nitrogen and oxygen atoms in total. The topological polar surface area (TPSA) is 49.5 Å². The van der Waals surface area contributed by atoms with Crippen molar-refractivity contribution in [1.29, 1.82) is 5.26 Å². The molecule has 51 heavy (non-hydrogen) atoms. The van der Waals surface area contributed by atoms with Crippen LogP contribution in [-0.2, 0) is 0 Å². The first kappa shape index (κ1) is 28.9. The Labute approximate surface area is 294 Å². The third kappa shape index (κ3) is 4.77. The van der Waals surface area contributed by atoms with Crippen molar-refractivity contribution in [3.8, 4) is 50.9 Å². The molecule has 10 rings (SSSR count). The van der Waals surface area contributed by atoms with E-state index in [1.165, 1.54) is 32.3 Å². The molecule has 1 heterocycles.